The Labute approximate surface area is 145 Å². The molecule has 0 fully saturated rings. The summed E-state index contributed by atoms with van der Waals surface area (Å²) >= 11 is 0. The number of aryl methyl sites for hydroxylation is 1. The van der Waals surface area contributed by atoms with Gasteiger partial charge in [0.15, 0.2) is 6.61 Å². The van der Waals surface area contributed by atoms with Crippen LogP contribution in [0.4, 0.5) is 5.69 Å². The Bertz CT molecular complexity index is 860. The van der Waals surface area contributed by atoms with Crippen molar-refractivity contribution in [3.8, 4) is 5.75 Å². The number of benzene rings is 2. The Balaban J connectivity index is 1.66. The van der Waals surface area contributed by atoms with Gasteiger partial charge in [0.05, 0.1) is 11.1 Å². The molecule has 6 heteroatoms. The van der Waals surface area contributed by atoms with Crippen molar-refractivity contribution in [2.24, 2.45) is 0 Å². The molecule has 1 N–H and O–H groups in total. The Morgan fingerprint density at radius 2 is 1.80 bits per heavy atom. The van der Waals surface area contributed by atoms with Gasteiger partial charge in [0.1, 0.15) is 5.75 Å². The Kier molecular flexibility index (Phi) is 4.52. The molecular weight excluding hydrogens is 320 g/mol. The van der Waals surface area contributed by atoms with Crippen molar-refractivity contribution in [2.45, 2.75) is 13.3 Å². The van der Waals surface area contributed by atoms with Crippen LogP contribution < -0.4 is 10.1 Å². The van der Waals surface area contributed by atoms with E-state index in [0.717, 1.165) is 16.9 Å². The SMILES string of the molecule is CCc1ccccc1OCC(=O)Nc1ccc2c(c1)C(=O)N(C)C2=O. The standard InChI is InChI=1S/C19H18N2O4/c1-3-12-6-4-5-7-16(12)25-11-17(22)20-13-8-9-14-15(10-13)19(24)21(2)18(14)23/h4-10H,3,11H2,1-2H3,(H,20,22). The normalized spacial score (nSPS) is 13.0. The predicted octanol–water partition coefficient (Wildman–Crippen LogP) is 2.49. The van der Waals surface area contributed by atoms with Crippen LogP contribution in [0.1, 0.15) is 33.2 Å². The van der Waals surface area contributed by atoms with Crippen molar-refractivity contribution >= 4 is 23.4 Å². The van der Waals surface area contributed by atoms with Crippen LogP contribution in [0.2, 0.25) is 0 Å². The van der Waals surface area contributed by atoms with E-state index in [0.29, 0.717) is 22.6 Å². The first-order chi connectivity index (χ1) is 12.0. The second-order valence-corrected chi connectivity index (χ2v) is 5.73. The van der Waals surface area contributed by atoms with Gasteiger partial charge in [-0.1, -0.05) is 25.1 Å². The molecule has 25 heavy (non-hydrogen) atoms. The number of anilines is 1. The van der Waals surface area contributed by atoms with E-state index in [-0.39, 0.29) is 24.3 Å². The maximum absolute atomic E-state index is 12.1. The maximum atomic E-state index is 12.1. The molecule has 128 valence electrons. The number of para-hydroxylation sites is 1. The second kappa shape index (κ2) is 6.76. The van der Waals surface area contributed by atoms with Crippen LogP contribution in [0.25, 0.3) is 0 Å². The van der Waals surface area contributed by atoms with Crippen molar-refractivity contribution < 1.29 is 19.1 Å². The number of nitrogens with zero attached hydrogens (tertiary/aromatic N) is 1. The fourth-order valence-electron chi connectivity index (χ4n) is 2.72. The van der Waals surface area contributed by atoms with E-state index in [1.165, 1.54) is 13.1 Å². The molecule has 3 rings (SSSR count). The lowest BCUT2D eigenvalue weighted by atomic mass is 10.1. The highest BCUT2D eigenvalue weighted by Crippen LogP contribution is 2.25. The number of carbonyl (C=O) groups excluding carboxylic acids is 3. The molecule has 2 aromatic carbocycles. The Morgan fingerprint density at radius 3 is 2.56 bits per heavy atom. The van der Waals surface area contributed by atoms with Crippen molar-refractivity contribution in [1.82, 2.24) is 4.90 Å². The highest BCUT2D eigenvalue weighted by Gasteiger charge is 2.32. The van der Waals surface area contributed by atoms with E-state index in [2.05, 4.69) is 5.32 Å². The first kappa shape index (κ1) is 16.7. The Morgan fingerprint density at radius 1 is 1.08 bits per heavy atom. The molecule has 0 aromatic heterocycles. The molecule has 1 aliphatic heterocycles. The van der Waals surface area contributed by atoms with Gasteiger partial charge < -0.3 is 10.1 Å². The van der Waals surface area contributed by atoms with Gasteiger partial charge in [-0.25, -0.2) is 0 Å². The van der Waals surface area contributed by atoms with E-state index in [1.54, 1.807) is 12.1 Å². The van der Waals surface area contributed by atoms with E-state index in [4.69, 9.17) is 4.74 Å². The average molecular weight is 338 g/mol. The van der Waals surface area contributed by atoms with E-state index in [1.807, 2.05) is 31.2 Å². The lowest BCUT2D eigenvalue weighted by Crippen LogP contribution is -2.24. The summed E-state index contributed by atoms with van der Waals surface area (Å²) < 4.78 is 5.57. The minimum atomic E-state index is -0.371. The lowest BCUT2D eigenvalue weighted by molar-refractivity contribution is -0.118. The number of hydrogen-bond acceptors (Lipinski definition) is 4. The zero-order valence-corrected chi connectivity index (χ0v) is 14.0. The molecule has 2 aromatic rings. The summed E-state index contributed by atoms with van der Waals surface area (Å²) in [6.07, 6.45) is 0.812. The van der Waals surface area contributed by atoms with Gasteiger partial charge in [-0.3, -0.25) is 19.3 Å². The van der Waals surface area contributed by atoms with Crippen LogP contribution >= 0.6 is 0 Å². The number of imide groups is 1. The Hall–Kier alpha value is -3.15. The maximum Gasteiger partial charge on any atom is 0.262 e. The molecule has 0 radical (unpaired) electrons. The number of rotatable bonds is 5. The summed E-state index contributed by atoms with van der Waals surface area (Å²) in [5, 5.41) is 2.68. The fraction of sp³-hybridized carbons (Fsp3) is 0.211. The predicted molar refractivity (Wildman–Crippen MR) is 92.8 cm³/mol. The third kappa shape index (κ3) is 3.24. The minimum Gasteiger partial charge on any atom is -0.483 e. The molecule has 1 aliphatic rings. The van der Waals surface area contributed by atoms with Crippen LogP contribution in [0.3, 0.4) is 0 Å². The summed E-state index contributed by atoms with van der Waals surface area (Å²) in [5.74, 6) is -0.367. The number of nitrogens with one attached hydrogen (secondary N) is 1. The molecule has 0 aliphatic carbocycles. The molecule has 0 unspecified atom stereocenters. The van der Waals surface area contributed by atoms with Gasteiger partial charge in [0.2, 0.25) is 0 Å². The zero-order valence-electron chi connectivity index (χ0n) is 14.0. The lowest BCUT2D eigenvalue weighted by Gasteiger charge is -2.10. The van der Waals surface area contributed by atoms with Crippen LogP contribution in [0.15, 0.2) is 42.5 Å². The van der Waals surface area contributed by atoms with E-state index >= 15 is 0 Å². The van der Waals surface area contributed by atoms with Gasteiger partial charge in [-0.05, 0) is 36.2 Å². The third-order valence-corrected chi connectivity index (χ3v) is 4.09. The van der Waals surface area contributed by atoms with Crippen molar-refractivity contribution in [3.63, 3.8) is 0 Å². The van der Waals surface area contributed by atoms with Crippen LogP contribution in [0, 0.1) is 0 Å². The summed E-state index contributed by atoms with van der Waals surface area (Å²) in [6.45, 7) is 1.88. The average Bonchev–Trinajstić information content (AvgIpc) is 2.84. The smallest absolute Gasteiger partial charge is 0.262 e. The van der Waals surface area contributed by atoms with Gasteiger partial charge in [-0.2, -0.15) is 0 Å². The van der Waals surface area contributed by atoms with Crippen molar-refractivity contribution in [1.29, 1.82) is 0 Å². The van der Waals surface area contributed by atoms with Crippen LogP contribution in [0.5, 0.6) is 5.75 Å². The molecule has 3 amide bonds. The number of amides is 3. The third-order valence-electron chi connectivity index (χ3n) is 4.09. The molecule has 6 nitrogen and oxygen atoms in total. The van der Waals surface area contributed by atoms with E-state index < -0.39 is 0 Å². The number of fused-ring (bicyclic) bond motifs is 1. The summed E-state index contributed by atoms with van der Waals surface area (Å²) in [5.41, 5.74) is 2.12. The molecule has 0 bridgehead atoms. The molecule has 0 saturated heterocycles. The second-order valence-electron chi connectivity index (χ2n) is 5.73. The summed E-state index contributed by atoms with van der Waals surface area (Å²) in [6, 6.07) is 12.2. The summed E-state index contributed by atoms with van der Waals surface area (Å²) in [7, 11) is 1.43. The van der Waals surface area contributed by atoms with Crippen molar-refractivity contribution in [2.75, 3.05) is 19.0 Å². The topological polar surface area (TPSA) is 75.7 Å². The van der Waals surface area contributed by atoms with Crippen LogP contribution in [-0.2, 0) is 11.2 Å². The van der Waals surface area contributed by atoms with Crippen LogP contribution in [-0.4, -0.2) is 36.3 Å². The molecule has 0 saturated carbocycles. The fourth-order valence-corrected chi connectivity index (χ4v) is 2.72. The highest BCUT2D eigenvalue weighted by molar-refractivity contribution is 6.21. The van der Waals surface area contributed by atoms with E-state index in [9.17, 15) is 14.4 Å². The molecule has 0 spiro atoms. The van der Waals surface area contributed by atoms with Gasteiger partial charge in [0.25, 0.3) is 17.7 Å². The zero-order chi connectivity index (χ0) is 18.0. The van der Waals surface area contributed by atoms with Crippen molar-refractivity contribution in [3.05, 3.63) is 59.2 Å². The largest absolute Gasteiger partial charge is 0.483 e. The van der Waals surface area contributed by atoms with Gasteiger partial charge in [-0.15, -0.1) is 0 Å². The molecule has 0 atom stereocenters. The first-order valence-electron chi connectivity index (χ1n) is 7.98. The number of hydrogen-bond donors (Lipinski definition) is 1. The summed E-state index contributed by atoms with van der Waals surface area (Å²) in [4.78, 5) is 37.0. The quantitative estimate of drug-likeness (QED) is 0.850. The number of ether oxygens (including phenoxy) is 1. The minimum absolute atomic E-state index is 0.138. The first-order valence-corrected chi connectivity index (χ1v) is 7.98. The number of carbonyl (C=O) groups is 3. The monoisotopic (exact) mass is 338 g/mol. The van der Waals surface area contributed by atoms with Gasteiger partial charge >= 0.3 is 0 Å². The molecular formula is C19H18N2O4. The highest BCUT2D eigenvalue weighted by atomic mass is 16.5. The van der Waals surface area contributed by atoms with Gasteiger partial charge in [0, 0.05) is 12.7 Å². The molecule has 1 heterocycles.